The Morgan fingerprint density at radius 2 is 2.00 bits per heavy atom. The molecule has 0 atom stereocenters. The molecule has 1 aromatic rings. The van der Waals surface area contributed by atoms with Crippen LogP contribution in [0.15, 0.2) is 18.2 Å². The van der Waals surface area contributed by atoms with Crippen molar-refractivity contribution in [2.45, 2.75) is 31.8 Å². The Balaban J connectivity index is 1.83. The van der Waals surface area contributed by atoms with Gasteiger partial charge in [-0.3, -0.25) is 4.79 Å². The third-order valence-electron chi connectivity index (χ3n) is 4.48. The van der Waals surface area contributed by atoms with Gasteiger partial charge in [-0.1, -0.05) is 0 Å². The standard InChI is InChI=1S/C16H21NO5S/c1-3-21-12-4-5-13-14(18)11-16(22-15(13)10-12)6-8-17(9-7-16)23(2,19)20/h4-5,10H,3,6-9,11H2,1-2H3. The Bertz CT molecular complexity index is 720. The highest BCUT2D eigenvalue weighted by molar-refractivity contribution is 7.88. The van der Waals surface area contributed by atoms with E-state index in [4.69, 9.17) is 9.47 Å². The number of sulfonamides is 1. The first-order valence-corrected chi connectivity index (χ1v) is 9.62. The van der Waals surface area contributed by atoms with Gasteiger partial charge >= 0.3 is 0 Å². The normalized spacial score (nSPS) is 20.9. The van der Waals surface area contributed by atoms with Crippen LogP contribution in [0.2, 0.25) is 0 Å². The Hall–Kier alpha value is -1.60. The average Bonchev–Trinajstić information content (AvgIpc) is 2.46. The third kappa shape index (κ3) is 3.21. The molecule has 1 saturated heterocycles. The number of rotatable bonds is 3. The summed E-state index contributed by atoms with van der Waals surface area (Å²) in [5.74, 6) is 1.26. The molecule has 1 fully saturated rings. The number of hydrogen-bond acceptors (Lipinski definition) is 5. The smallest absolute Gasteiger partial charge is 0.211 e. The number of ketones is 1. The van der Waals surface area contributed by atoms with Crippen LogP contribution in [0.5, 0.6) is 11.5 Å². The van der Waals surface area contributed by atoms with E-state index in [9.17, 15) is 13.2 Å². The van der Waals surface area contributed by atoms with Crippen molar-refractivity contribution >= 4 is 15.8 Å². The number of carbonyl (C=O) groups excluding carboxylic acids is 1. The molecule has 0 radical (unpaired) electrons. The highest BCUT2D eigenvalue weighted by Gasteiger charge is 2.44. The molecule has 2 aliphatic heterocycles. The fraction of sp³-hybridized carbons (Fsp3) is 0.562. The Morgan fingerprint density at radius 1 is 1.30 bits per heavy atom. The summed E-state index contributed by atoms with van der Waals surface area (Å²) >= 11 is 0. The van der Waals surface area contributed by atoms with E-state index in [1.54, 1.807) is 18.2 Å². The highest BCUT2D eigenvalue weighted by Crippen LogP contribution is 2.41. The molecule has 7 heteroatoms. The molecule has 6 nitrogen and oxygen atoms in total. The second-order valence-electron chi connectivity index (χ2n) is 6.14. The van der Waals surface area contributed by atoms with Crippen LogP contribution in [0.3, 0.4) is 0 Å². The molecule has 126 valence electrons. The molecule has 2 aliphatic rings. The molecule has 1 aromatic carbocycles. The van der Waals surface area contributed by atoms with E-state index in [1.807, 2.05) is 6.92 Å². The first-order valence-electron chi connectivity index (χ1n) is 7.77. The molecule has 0 bridgehead atoms. The number of benzene rings is 1. The summed E-state index contributed by atoms with van der Waals surface area (Å²) in [4.78, 5) is 12.5. The van der Waals surface area contributed by atoms with Crippen LogP contribution in [0, 0.1) is 0 Å². The van der Waals surface area contributed by atoms with Gasteiger partial charge in [-0.2, -0.15) is 0 Å². The van der Waals surface area contributed by atoms with Crippen LogP contribution in [0.4, 0.5) is 0 Å². The topological polar surface area (TPSA) is 72.9 Å². The van der Waals surface area contributed by atoms with Crippen molar-refractivity contribution < 1.29 is 22.7 Å². The number of piperidine rings is 1. The van der Waals surface area contributed by atoms with Gasteiger partial charge in [-0.05, 0) is 19.1 Å². The van der Waals surface area contributed by atoms with E-state index in [0.29, 0.717) is 56.0 Å². The Morgan fingerprint density at radius 3 is 2.61 bits per heavy atom. The van der Waals surface area contributed by atoms with Crippen molar-refractivity contribution in [1.82, 2.24) is 4.31 Å². The zero-order chi connectivity index (χ0) is 16.7. The lowest BCUT2D eigenvalue weighted by Gasteiger charge is -2.43. The molecule has 0 aromatic heterocycles. The first kappa shape index (κ1) is 16.3. The van der Waals surface area contributed by atoms with Gasteiger partial charge in [0, 0.05) is 32.0 Å². The molecule has 0 aliphatic carbocycles. The van der Waals surface area contributed by atoms with Crippen molar-refractivity contribution in [3.05, 3.63) is 23.8 Å². The van der Waals surface area contributed by atoms with Crippen LogP contribution in [-0.2, 0) is 10.0 Å². The van der Waals surface area contributed by atoms with Gasteiger partial charge in [-0.25, -0.2) is 12.7 Å². The van der Waals surface area contributed by atoms with Crippen molar-refractivity contribution in [3.8, 4) is 11.5 Å². The summed E-state index contributed by atoms with van der Waals surface area (Å²) in [6.45, 7) is 3.20. The summed E-state index contributed by atoms with van der Waals surface area (Å²) in [5.41, 5.74) is -0.0274. The summed E-state index contributed by atoms with van der Waals surface area (Å²) in [6.07, 6.45) is 2.54. The number of fused-ring (bicyclic) bond motifs is 1. The maximum Gasteiger partial charge on any atom is 0.211 e. The minimum Gasteiger partial charge on any atom is -0.494 e. The second-order valence-corrected chi connectivity index (χ2v) is 8.12. The predicted molar refractivity (Wildman–Crippen MR) is 85.6 cm³/mol. The van der Waals surface area contributed by atoms with Crippen LogP contribution in [-0.4, -0.2) is 50.1 Å². The highest BCUT2D eigenvalue weighted by atomic mass is 32.2. The van der Waals surface area contributed by atoms with Gasteiger partial charge in [0.05, 0.1) is 24.8 Å². The number of hydrogen-bond donors (Lipinski definition) is 0. The van der Waals surface area contributed by atoms with Gasteiger partial charge < -0.3 is 9.47 Å². The zero-order valence-corrected chi connectivity index (χ0v) is 14.2. The minimum absolute atomic E-state index is 0.0436. The molecule has 0 amide bonds. The predicted octanol–water partition coefficient (Wildman–Crippen LogP) is 1.84. The molecule has 0 N–H and O–H groups in total. The van der Waals surface area contributed by atoms with Crippen molar-refractivity contribution in [2.75, 3.05) is 26.0 Å². The fourth-order valence-electron chi connectivity index (χ4n) is 3.24. The average molecular weight is 339 g/mol. The van der Waals surface area contributed by atoms with E-state index in [1.165, 1.54) is 10.6 Å². The number of nitrogens with zero attached hydrogens (tertiary/aromatic N) is 1. The Kier molecular flexibility index (Phi) is 4.10. The maximum absolute atomic E-state index is 12.5. The SMILES string of the molecule is CCOc1ccc2c(c1)OC1(CCN(S(C)(=O)=O)CC1)CC2=O. The fourth-order valence-corrected chi connectivity index (χ4v) is 4.08. The summed E-state index contributed by atoms with van der Waals surface area (Å²) in [7, 11) is -3.20. The summed E-state index contributed by atoms with van der Waals surface area (Å²) < 4.78 is 36.3. The molecule has 3 rings (SSSR count). The molecular weight excluding hydrogens is 318 g/mol. The molecular formula is C16H21NO5S. The largest absolute Gasteiger partial charge is 0.494 e. The van der Waals surface area contributed by atoms with Crippen LogP contribution < -0.4 is 9.47 Å². The lowest BCUT2D eigenvalue weighted by molar-refractivity contribution is 0.00586. The monoisotopic (exact) mass is 339 g/mol. The second kappa shape index (κ2) is 5.79. The van der Waals surface area contributed by atoms with Gasteiger partial charge in [0.2, 0.25) is 10.0 Å². The van der Waals surface area contributed by atoms with Crippen molar-refractivity contribution in [3.63, 3.8) is 0 Å². The Labute approximate surface area is 136 Å². The van der Waals surface area contributed by atoms with Crippen LogP contribution in [0.25, 0.3) is 0 Å². The van der Waals surface area contributed by atoms with Crippen LogP contribution in [0.1, 0.15) is 36.5 Å². The molecule has 1 spiro atoms. The maximum atomic E-state index is 12.5. The quantitative estimate of drug-likeness (QED) is 0.840. The van der Waals surface area contributed by atoms with Gasteiger partial charge in [-0.15, -0.1) is 0 Å². The molecule has 0 unspecified atom stereocenters. The molecule has 23 heavy (non-hydrogen) atoms. The first-order chi connectivity index (χ1) is 10.8. The lowest BCUT2D eigenvalue weighted by atomic mass is 9.83. The van der Waals surface area contributed by atoms with Gasteiger partial charge in [0.15, 0.2) is 5.78 Å². The van der Waals surface area contributed by atoms with E-state index in [0.717, 1.165) is 0 Å². The van der Waals surface area contributed by atoms with E-state index >= 15 is 0 Å². The summed E-state index contributed by atoms with van der Waals surface area (Å²) in [6, 6.07) is 5.26. The number of carbonyl (C=O) groups is 1. The minimum atomic E-state index is -3.20. The summed E-state index contributed by atoms with van der Waals surface area (Å²) in [5, 5.41) is 0. The van der Waals surface area contributed by atoms with Crippen molar-refractivity contribution in [2.24, 2.45) is 0 Å². The van der Waals surface area contributed by atoms with E-state index in [-0.39, 0.29) is 5.78 Å². The van der Waals surface area contributed by atoms with Crippen LogP contribution >= 0.6 is 0 Å². The van der Waals surface area contributed by atoms with E-state index in [2.05, 4.69) is 0 Å². The van der Waals surface area contributed by atoms with E-state index < -0.39 is 15.6 Å². The number of ether oxygens (including phenoxy) is 2. The lowest BCUT2D eigenvalue weighted by Crippen LogP contribution is -2.52. The van der Waals surface area contributed by atoms with Crippen molar-refractivity contribution in [1.29, 1.82) is 0 Å². The third-order valence-corrected chi connectivity index (χ3v) is 5.78. The van der Waals surface area contributed by atoms with Gasteiger partial charge in [0.25, 0.3) is 0 Å². The molecule has 0 saturated carbocycles. The zero-order valence-electron chi connectivity index (χ0n) is 13.4. The number of Topliss-reactive ketones (excluding diaryl/α,β-unsaturated/α-hetero) is 1. The molecule has 2 heterocycles. The van der Waals surface area contributed by atoms with Gasteiger partial charge in [0.1, 0.15) is 17.1 Å².